The van der Waals surface area contributed by atoms with Gasteiger partial charge in [0.1, 0.15) is 18.0 Å². The third kappa shape index (κ3) is 3.49. The number of H-pyrrole nitrogens is 1. The maximum atomic E-state index is 12.6. The Labute approximate surface area is 172 Å². The van der Waals surface area contributed by atoms with Crippen molar-refractivity contribution < 1.29 is 18.8 Å². The summed E-state index contributed by atoms with van der Waals surface area (Å²) in [6, 6.07) is 7.50. The van der Waals surface area contributed by atoms with Crippen LogP contribution in [0.1, 0.15) is 42.8 Å². The fourth-order valence-corrected chi connectivity index (χ4v) is 4.49. The van der Waals surface area contributed by atoms with Crippen molar-refractivity contribution >= 4 is 28.4 Å². The number of nitrogens with one attached hydrogen (secondary N) is 2. The summed E-state index contributed by atoms with van der Waals surface area (Å²) >= 11 is 6.37. The quantitative estimate of drug-likeness (QED) is 0.634. The lowest BCUT2D eigenvalue weighted by molar-refractivity contribution is -0.139. The van der Waals surface area contributed by atoms with Gasteiger partial charge < -0.3 is 24.3 Å². The lowest BCUT2D eigenvalue weighted by Crippen LogP contribution is -2.44. The first-order chi connectivity index (χ1) is 14.0. The van der Waals surface area contributed by atoms with Crippen molar-refractivity contribution in [2.45, 2.75) is 57.5 Å². The fourth-order valence-electron chi connectivity index (χ4n) is 4.26. The van der Waals surface area contributed by atoms with Crippen molar-refractivity contribution in [3.8, 4) is 5.75 Å². The Bertz CT molecular complexity index is 1070. The van der Waals surface area contributed by atoms with Gasteiger partial charge in [0.2, 0.25) is 0 Å². The van der Waals surface area contributed by atoms with Crippen molar-refractivity contribution in [3.05, 3.63) is 46.4 Å². The van der Waals surface area contributed by atoms with Crippen LogP contribution in [-0.2, 0) is 22.7 Å². The molecule has 0 saturated carbocycles. The number of aromatic amines is 1. The molecule has 1 amide bonds. The van der Waals surface area contributed by atoms with Crippen LogP contribution in [0.25, 0.3) is 10.9 Å². The van der Waals surface area contributed by atoms with E-state index in [1.54, 1.807) is 0 Å². The molecule has 0 unspecified atom stereocenters. The highest BCUT2D eigenvalue weighted by molar-refractivity contribution is 6.32. The normalized spacial score (nSPS) is 23.0. The SMILES string of the molecule is Cc1cc(COc2cc3[nH]c(CNC(=O)C45CCC(CC4)O5)cc3cc2Cl)on1. The maximum absolute atomic E-state index is 12.6. The Balaban J connectivity index is 1.27. The molecular weight excluding hydrogens is 394 g/mol. The molecule has 2 aliphatic rings. The average molecular weight is 416 g/mol. The van der Waals surface area contributed by atoms with E-state index in [0.717, 1.165) is 48.0 Å². The zero-order valence-electron chi connectivity index (χ0n) is 16.1. The number of carbonyl (C=O) groups excluding carboxylic acids is 1. The molecule has 0 radical (unpaired) electrons. The Morgan fingerprint density at radius 1 is 1.34 bits per heavy atom. The number of aryl methyl sites for hydroxylation is 1. The second-order valence-corrected chi connectivity index (χ2v) is 8.29. The molecule has 5 rings (SSSR count). The van der Waals surface area contributed by atoms with Crippen LogP contribution in [0.4, 0.5) is 0 Å². The van der Waals surface area contributed by atoms with Gasteiger partial charge in [-0.3, -0.25) is 4.79 Å². The molecule has 4 heterocycles. The number of hydrogen-bond acceptors (Lipinski definition) is 5. The number of amides is 1. The lowest BCUT2D eigenvalue weighted by Gasteiger charge is -2.22. The Kier molecular flexibility index (Phi) is 4.52. The number of hydrogen-bond donors (Lipinski definition) is 2. The standard InChI is InChI=1S/C21H22ClN3O4/c1-12-6-16(29-25-12)11-27-19-9-18-13(8-17(19)22)7-14(24-18)10-23-20(26)21-4-2-15(28-21)3-5-21/h6-9,15,24H,2-5,10-11H2,1H3,(H,23,26). The minimum absolute atomic E-state index is 0.0134. The van der Waals surface area contributed by atoms with Crippen LogP contribution < -0.4 is 10.1 Å². The van der Waals surface area contributed by atoms with E-state index in [4.69, 9.17) is 25.6 Å². The van der Waals surface area contributed by atoms with Gasteiger partial charge in [0.25, 0.3) is 5.91 Å². The topological polar surface area (TPSA) is 89.4 Å². The molecule has 7 nitrogen and oxygen atoms in total. The smallest absolute Gasteiger partial charge is 0.252 e. The van der Waals surface area contributed by atoms with Crippen molar-refractivity contribution in [1.29, 1.82) is 0 Å². The molecule has 0 atom stereocenters. The summed E-state index contributed by atoms with van der Waals surface area (Å²) in [5, 5.41) is 8.33. The monoisotopic (exact) mass is 415 g/mol. The summed E-state index contributed by atoms with van der Waals surface area (Å²) in [5.74, 6) is 1.18. The van der Waals surface area contributed by atoms with Crippen LogP contribution in [0.15, 0.2) is 28.8 Å². The van der Waals surface area contributed by atoms with E-state index in [1.807, 2.05) is 31.2 Å². The van der Waals surface area contributed by atoms with Gasteiger partial charge in [-0.25, -0.2) is 0 Å². The number of carbonyl (C=O) groups is 1. The van der Waals surface area contributed by atoms with E-state index in [2.05, 4.69) is 15.5 Å². The molecule has 2 aromatic heterocycles. The lowest BCUT2D eigenvalue weighted by atomic mass is 9.88. The third-order valence-corrected chi connectivity index (χ3v) is 6.06. The number of aromatic nitrogens is 2. The molecule has 8 heteroatoms. The van der Waals surface area contributed by atoms with Crippen molar-refractivity contribution in [3.63, 3.8) is 0 Å². The first kappa shape index (κ1) is 18.5. The minimum atomic E-state index is -0.611. The van der Waals surface area contributed by atoms with Crippen molar-refractivity contribution in [2.24, 2.45) is 0 Å². The van der Waals surface area contributed by atoms with E-state index in [0.29, 0.717) is 23.1 Å². The van der Waals surface area contributed by atoms with Crippen LogP contribution in [0.2, 0.25) is 5.02 Å². The van der Waals surface area contributed by atoms with Gasteiger partial charge in [0.15, 0.2) is 5.76 Å². The molecule has 2 aliphatic heterocycles. The van der Waals surface area contributed by atoms with Crippen LogP contribution in [-0.4, -0.2) is 27.8 Å². The summed E-state index contributed by atoms with van der Waals surface area (Å²) in [6.45, 7) is 2.52. The zero-order chi connectivity index (χ0) is 20.0. The molecule has 2 N–H and O–H groups in total. The van der Waals surface area contributed by atoms with Crippen LogP contribution in [0, 0.1) is 6.92 Å². The molecule has 0 spiro atoms. The van der Waals surface area contributed by atoms with Gasteiger partial charge >= 0.3 is 0 Å². The van der Waals surface area contributed by atoms with E-state index >= 15 is 0 Å². The Morgan fingerprint density at radius 2 is 2.17 bits per heavy atom. The first-order valence-electron chi connectivity index (χ1n) is 9.83. The molecule has 2 saturated heterocycles. The zero-order valence-corrected chi connectivity index (χ0v) is 16.8. The van der Waals surface area contributed by atoms with E-state index in [9.17, 15) is 4.79 Å². The van der Waals surface area contributed by atoms with Gasteiger partial charge in [0, 0.05) is 28.7 Å². The molecule has 3 aromatic rings. The summed E-state index contributed by atoms with van der Waals surface area (Å²) in [4.78, 5) is 16.0. The van der Waals surface area contributed by atoms with Crippen LogP contribution in [0.3, 0.4) is 0 Å². The second kappa shape index (κ2) is 7.07. The minimum Gasteiger partial charge on any atom is -0.484 e. The summed E-state index contributed by atoms with van der Waals surface area (Å²) in [6.07, 6.45) is 3.85. The number of fused-ring (bicyclic) bond motifs is 3. The highest BCUT2D eigenvalue weighted by atomic mass is 35.5. The summed E-state index contributed by atoms with van der Waals surface area (Å²) in [5.41, 5.74) is 1.98. The first-order valence-corrected chi connectivity index (χ1v) is 10.2. The van der Waals surface area contributed by atoms with Gasteiger partial charge in [-0.1, -0.05) is 16.8 Å². The number of halogens is 1. The van der Waals surface area contributed by atoms with Crippen molar-refractivity contribution in [2.75, 3.05) is 0 Å². The fraction of sp³-hybridized carbons (Fsp3) is 0.429. The Hall–Kier alpha value is -2.51. The van der Waals surface area contributed by atoms with Gasteiger partial charge in [0.05, 0.1) is 23.4 Å². The number of rotatable bonds is 6. The predicted octanol–water partition coefficient (Wildman–Crippen LogP) is 4.02. The van der Waals surface area contributed by atoms with E-state index in [-0.39, 0.29) is 18.6 Å². The molecule has 2 bridgehead atoms. The molecule has 152 valence electrons. The third-order valence-electron chi connectivity index (χ3n) is 5.76. The van der Waals surface area contributed by atoms with Gasteiger partial charge in [-0.05, 0) is 44.7 Å². The summed E-state index contributed by atoms with van der Waals surface area (Å²) < 4.78 is 16.8. The van der Waals surface area contributed by atoms with E-state index < -0.39 is 5.60 Å². The number of nitrogens with zero attached hydrogens (tertiary/aromatic N) is 1. The van der Waals surface area contributed by atoms with E-state index in [1.165, 1.54) is 0 Å². The molecule has 29 heavy (non-hydrogen) atoms. The molecule has 0 aliphatic carbocycles. The number of ether oxygens (including phenoxy) is 2. The number of benzene rings is 1. The second-order valence-electron chi connectivity index (χ2n) is 7.88. The highest BCUT2D eigenvalue weighted by Crippen LogP contribution is 2.43. The molecular formula is C21H22ClN3O4. The Morgan fingerprint density at radius 3 is 2.86 bits per heavy atom. The van der Waals surface area contributed by atoms with Gasteiger partial charge in [-0.2, -0.15) is 0 Å². The highest BCUT2D eigenvalue weighted by Gasteiger charge is 2.51. The average Bonchev–Trinajstić information content (AvgIpc) is 3.48. The molecule has 1 aromatic carbocycles. The van der Waals surface area contributed by atoms with Crippen LogP contribution in [0.5, 0.6) is 5.75 Å². The summed E-state index contributed by atoms with van der Waals surface area (Å²) in [7, 11) is 0. The predicted molar refractivity (Wildman–Crippen MR) is 107 cm³/mol. The molecule has 2 fully saturated rings. The maximum Gasteiger partial charge on any atom is 0.252 e. The van der Waals surface area contributed by atoms with Crippen molar-refractivity contribution in [1.82, 2.24) is 15.5 Å². The van der Waals surface area contributed by atoms with Gasteiger partial charge in [-0.15, -0.1) is 0 Å². The van der Waals surface area contributed by atoms with Crippen LogP contribution >= 0.6 is 11.6 Å². The largest absolute Gasteiger partial charge is 0.484 e.